The molecule has 0 aliphatic carbocycles. The molecule has 0 spiro atoms. The third-order valence-corrected chi connectivity index (χ3v) is 2.89. The van der Waals surface area contributed by atoms with Crippen LogP contribution in [0.15, 0.2) is 12.1 Å². The number of hydrogen-bond donors (Lipinski definition) is 1. The summed E-state index contributed by atoms with van der Waals surface area (Å²) in [4.78, 5) is 12.3. The Bertz CT molecular complexity index is 463. The Morgan fingerprint density at radius 1 is 1.37 bits per heavy atom. The predicted octanol–water partition coefficient (Wildman–Crippen LogP) is 2.44. The van der Waals surface area contributed by atoms with Gasteiger partial charge in [-0.2, -0.15) is 0 Å². The van der Waals surface area contributed by atoms with Gasteiger partial charge in [0.05, 0.1) is 7.11 Å². The Kier molecular flexibility index (Phi) is 5.23. The molecule has 1 N–H and O–H groups in total. The van der Waals surface area contributed by atoms with Crippen molar-refractivity contribution in [1.29, 1.82) is 0 Å². The smallest absolute Gasteiger partial charge is 0.303 e. The quantitative estimate of drug-likeness (QED) is 0.865. The molecule has 0 bridgehead atoms. The van der Waals surface area contributed by atoms with Crippen molar-refractivity contribution in [2.75, 3.05) is 21.2 Å². The van der Waals surface area contributed by atoms with E-state index in [1.165, 1.54) is 7.11 Å². The molecule has 4 nitrogen and oxygen atoms in total. The predicted molar refractivity (Wildman–Crippen MR) is 66.2 cm³/mol. The van der Waals surface area contributed by atoms with Gasteiger partial charge in [0, 0.05) is 24.1 Å². The number of nitrogens with zero attached hydrogens (tertiary/aromatic N) is 1. The lowest BCUT2D eigenvalue weighted by molar-refractivity contribution is -0.137. The summed E-state index contributed by atoms with van der Waals surface area (Å²) in [7, 11) is 4.63. The van der Waals surface area contributed by atoms with E-state index >= 15 is 0 Å². The highest BCUT2D eigenvalue weighted by Gasteiger charge is 2.21. The number of rotatable bonds is 6. The number of carboxylic acid groups (broad SMARTS) is 1. The van der Waals surface area contributed by atoms with Gasteiger partial charge in [0.25, 0.3) is 0 Å². The van der Waals surface area contributed by atoms with Crippen LogP contribution in [0.2, 0.25) is 0 Å². The summed E-state index contributed by atoms with van der Waals surface area (Å²) in [6.07, 6.45) is 0.0843. The van der Waals surface area contributed by atoms with Gasteiger partial charge in [-0.05, 0) is 26.6 Å². The normalized spacial score (nSPS) is 12.5. The van der Waals surface area contributed by atoms with Crippen LogP contribution in [-0.2, 0) is 4.79 Å². The molecule has 1 aromatic rings. The van der Waals surface area contributed by atoms with Crippen molar-refractivity contribution in [1.82, 2.24) is 4.90 Å². The number of benzene rings is 1. The van der Waals surface area contributed by atoms with Crippen molar-refractivity contribution in [3.05, 3.63) is 29.3 Å². The van der Waals surface area contributed by atoms with Crippen LogP contribution in [-0.4, -0.2) is 37.2 Å². The van der Waals surface area contributed by atoms with Gasteiger partial charge in [0.1, 0.15) is 5.82 Å². The molecule has 0 aromatic heterocycles. The number of carbonyl (C=O) groups is 1. The summed E-state index contributed by atoms with van der Waals surface area (Å²) in [5.41, 5.74) is 0.129. The molecule has 0 aliphatic heterocycles. The van der Waals surface area contributed by atoms with Gasteiger partial charge in [0.2, 0.25) is 0 Å². The Labute approximate surface area is 110 Å². The molecule has 6 heteroatoms. The maximum atomic E-state index is 13.9. The Morgan fingerprint density at radius 2 is 2.00 bits per heavy atom. The molecule has 106 valence electrons. The fourth-order valence-corrected chi connectivity index (χ4v) is 1.91. The van der Waals surface area contributed by atoms with Gasteiger partial charge >= 0.3 is 5.97 Å². The van der Waals surface area contributed by atoms with Gasteiger partial charge in [0.15, 0.2) is 11.6 Å². The molecule has 0 saturated carbocycles. The van der Waals surface area contributed by atoms with E-state index in [1.54, 1.807) is 19.0 Å². The van der Waals surface area contributed by atoms with Crippen LogP contribution in [0.3, 0.4) is 0 Å². The second-order valence-corrected chi connectivity index (χ2v) is 4.42. The first kappa shape index (κ1) is 15.4. The molecule has 0 fully saturated rings. The first-order valence-electron chi connectivity index (χ1n) is 5.78. The molecule has 0 heterocycles. The topological polar surface area (TPSA) is 49.8 Å². The summed E-state index contributed by atoms with van der Waals surface area (Å²) >= 11 is 0. The monoisotopic (exact) mass is 273 g/mol. The number of methoxy groups -OCH3 is 1. The van der Waals surface area contributed by atoms with Crippen molar-refractivity contribution in [2.45, 2.75) is 18.9 Å². The molecule has 1 aromatic carbocycles. The van der Waals surface area contributed by atoms with Gasteiger partial charge in [-0.25, -0.2) is 8.78 Å². The lowest BCUT2D eigenvalue weighted by Crippen LogP contribution is -2.22. The summed E-state index contributed by atoms with van der Waals surface area (Å²) in [5, 5.41) is 8.69. The molecule has 1 atom stereocenters. The standard InChI is InChI=1S/C13H17F2NO3/c1-16(2)11(4-5-13(17)18)8-6-10(15)12(19-3)7-9(8)14/h6-7,11H,4-5H2,1-3H3,(H,17,18). The number of ether oxygens (including phenoxy) is 1. The molecule has 0 saturated heterocycles. The van der Waals surface area contributed by atoms with Gasteiger partial charge < -0.3 is 14.7 Å². The Hall–Kier alpha value is -1.69. The minimum atomic E-state index is -0.971. The van der Waals surface area contributed by atoms with E-state index in [0.29, 0.717) is 0 Å². The highest BCUT2D eigenvalue weighted by molar-refractivity contribution is 5.66. The SMILES string of the molecule is COc1cc(F)c(C(CCC(=O)O)N(C)C)cc1F. The lowest BCUT2D eigenvalue weighted by Gasteiger charge is -2.25. The second-order valence-electron chi connectivity index (χ2n) is 4.42. The van der Waals surface area contributed by atoms with Crippen molar-refractivity contribution < 1.29 is 23.4 Å². The van der Waals surface area contributed by atoms with Crippen LogP contribution in [0.25, 0.3) is 0 Å². The number of halogens is 2. The third-order valence-electron chi connectivity index (χ3n) is 2.89. The number of carboxylic acids is 1. The minimum absolute atomic E-state index is 0.115. The molecule has 0 radical (unpaired) electrons. The molecule has 1 unspecified atom stereocenters. The summed E-state index contributed by atoms with van der Waals surface area (Å²) in [6.45, 7) is 0. The van der Waals surface area contributed by atoms with E-state index in [9.17, 15) is 13.6 Å². The maximum Gasteiger partial charge on any atom is 0.303 e. The van der Waals surface area contributed by atoms with Crippen LogP contribution in [0, 0.1) is 11.6 Å². The zero-order valence-electron chi connectivity index (χ0n) is 11.1. The Morgan fingerprint density at radius 3 is 2.47 bits per heavy atom. The van der Waals surface area contributed by atoms with E-state index in [-0.39, 0.29) is 24.2 Å². The summed E-state index contributed by atoms with van der Waals surface area (Å²) in [6, 6.07) is 1.53. The van der Waals surface area contributed by atoms with Gasteiger partial charge in [-0.15, -0.1) is 0 Å². The Balaban J connectivity index is 3.08. The van der Waals surface area contributed by atoms with Crippen molar-refractivity contribution in [2.24, 2.45) is 0 Å². The minimum Gasteiger partial charge on any atom is -0.494 e. The summed E-state index contributed by atoms with van der Waals surface area (Å²) < 4.78 is 32.3. The average Bonchev–Trinajstić information content (AvgIpc) is 2.32. The summed E-state index contributed by atoms with van der Waals surface area (Å²) in [5.74, 6) is -2.42. The van der Waals surface area contributed by atoms with Crippen molar-refractivity contribution in [3.63, 3.8) is 0 Å². The molecule has 0 aliphatic rings. The zero-order chi connectivity index (χ0) is 14.6. The van der Waals surface area contributed by atoms with Crippen molar-refractivity contribution in [3.8, 4) is 5.75 Å². The van der Waals surface area contributed by atoms with E-state index in [4.69, 9.17) is 9.84 Å². The third kappa shape index (κ3) is 3.89. The van der Waals surface area contributed by atoms with Crippen LogP contribution < -0.4 is 4.74 Å². The van der Waals surface area contributed by atoms with Crippen LogP contribution in [0.4, 0.5) is 8.78 Å². The first-order chi connectivity index (χ1) is 8.86. The average molecular weight is 273 g/mol. The molecular weight excluding hydrogens is 256 g/mol. The molecule has 1 rings (SSSR count). The number of hydrogen-bond acceptors (Lipinski definition) is 3. The lowest BCUT2D eigenvalue weighted by atomic mass is 10.00. The first-order valence-corrected chi connectivity index (χ1v) is 5.78. The maximum absolute atomic E-state index is 13.9. The molecule has 19 heavy (non-hydrogen) atoms. The fourth-order valence-electron chi connectivity index (χ4n) is 1.91. The van der Waals surface area contributed by atoms with E-state index < -0.39 is 23.6 Å². The van der Waals surface area contributed by atoms with Crippen LogP contribution >= 0.6 is 0 Å². The highest BCUT2D eigenvalue weighted by atomic mass is 19.1. The van der Waals surface area contributed by atoms with Gasteiger partial charge in [-0.1, -0.05) is 0 Å². The largest absolute Gasteiger partial charge is 0.494 e. The van der Waals surface area contributed by atoms with Crippen molar-refractivity contribution >= 4 is 5.97 Å². The van der Waals surface area contributed by atoms with E-state index in [2.05, 4.69) is 0 Å². The van der Waals surface area contributed by atoms with Gasteiger partial charge in [-0.3, -0.25) is 4.79 Å². The van der Waals surface area contributed by atoms with E-state index in [1.807, 2.05) is 0 Å². The van der Waals surface area contributed by atoms with Crippen LogP contribution in [0.1, 0.15) is 24.4 Å². The zero-order valence-corrected chi connectivity index (χ0v) is 11.1. The van der Waals surface area contributed by atoms with Crippen LogP contribution in [0.5, 0.6) is 5.75 Å². The second kappa shape index (κ2) is 6.47. The van der Waals surface area contributed by atoms with E-state index in [0.717, 1.165) is 12.1 Å². The number of aliphatic carboxylic acids is 1. The fraction of sp³-hybridized carbons (Fsp3) is 0.462. The molecule has 0 amide bonds. The highest BCUT2D eigenvalue weighted by Crippen LogP contribution is 2.30. The molecular formula is C13H17F2NO3.